The van der Waals surface area contributed by atoms with Gasteiger partial charge in [-0.3, -0.25) is 0 Å². The van der Waals surface area contributed by atoms with E-state index in [4.69, 9.17) is 4.18 Å². The van der Waals surface area contributed by atoms with Crippen molar-refractivity contribution in [3.05, 3.63) is 0 Å². The summed E-state index contributed by atoms with van der Waals surface area (Å²) < 4.78 is 4.78. The van der Waals surface area contributed by atoms with E-state index in [2.05, 4.69) is 31.8 Å². The van der Waals surface area contributed by atoms with Crippen molar-refractivity contribution in [3.63, 3.8) is 0 Å². The van der Waals surface area contributed by atoms with Crippen molar-refractivity contribution in [2.45, 2.75) is 33.8 Å². The van der Waals surface area contributed by atoms with Crippen LogP contribution in [-0.2, 0) is 4.18 Å². The van der Waals surface area contributed by atoms with Gasteiger partial charge < -0.3 is 9.08 Å². The zero-order chi connectivity index (χ0) is 9.28. The molecule has 0 radical (unpaired) electrons. The van der Waals surface area contributed by atoms with Gasteiger partial charge in [-0.25, -0.2) is 0 Å². The summed E-state index contributed by atoms with van der Waals surface area (Å²) >= 11 is 3.70. The predicted octanol–water partition coefficient (Wildman–Crippen LogP) is 2.21. The minimum atomic E-state index is 0.221. The lowest BCUT2D eigenvalue weighted by Crippen LogP contribution is -2.27. The second kappa shape index (κ2) is 10.3. The second-order valence-electron chi connectivity index (χ2n) is 2.27. The number of rotatable bonds is 4. The van der Waals surface area contributed by atoms with Crippen molar-refractivity contribution < 1.29 is 4.18 Å². The van der Waals surface area contributed by atoms with Crippen molar-refractivity contribution in [2.24, 2.45) is 0 Å². The molecule has 0 spiro atoms. The van der Waals surface area contributed by atoms with Crippen LogP contribution in [0.15, 0.2) is 0 Å². The van der Waals surface area contributed by atoms with E-state index in [0.29, 0.717) is 0 Å². The van der Waals surface area contributed by atoms with E-state index in [9.17, 15) is 0 Å². The Morgan fingerprint density at radius 3 is 2.18 bits per heavy atom. The fourth-order valence-electron chi connectivity index (χ4n) is 0.601. The van der Waals surface area contributed by atoms with Crippen molar-refractivity contribution in [1.82, 2.24) is 4.90 Å². The SMILES string of the molecule is CC.CCN(C)C[C@H](C)OS. The molecule has 0 aromatic rings. The molecule has 0 saturated heterocycles. The molecule has 0 N–H and O–H groups in total. The average molecular weight is 179 g/mol. The molecule has 0 saturated carbocycles. The summed E-state index contributed by atoms with van der Waals surface area (Å²) in [6.45, 7) is 10.1. The molecule has 0 fully saturated rings. The fourth-order valence-corrected chi connectivity index (χ4v) is 0.668. The Morgan fingerprint density at radius 1 is 1.45 bits per heavy atom. The molecule has 3 heteroatoms. The maximum Gasteiger partial charge on any atom is 0.0817 e. The number of thiol groups is 1. The number of hydrogen-bond acceptors (Lipinski definition) is 3. The number of nitrogens with zero attached hydrogens (tertiary/aromatic N) is 1. The molecule has 0 bridgehead atoms. The van der Waals surface area contributed by atoms with Gasteiger partial charge in [0, 0.05) is 6.54 Å². The van der Waals surface area contributed by atoms with Crippen LogP contribution in [-0.4, -0.2) is 31.1 Å². The second-order valence-corrected chi connectivity index (χ2v) is 2.48. The quantitative estimate of drug-likeness (QED) is 0.525. The van der Waals surface area contributed by atoms with E-state index >= 15 is 0 Å². The lowest BCUT2D eigenvalue weighted by Gasteiger charge is -2.16. The maximum absolute atomic E-state index is 4.78. The van der Waals surface area contributed by atoms with Gasteiger partial charge in [0.25, 0.3) is 0 Å². The first kappa shape index (κ1) is 13.8. The number of likely N-dealkylation sites (N-methyl/N-ethyl adjacent to an activating group) is 1. The zero-order valence-corrected chi connectivity index (χ0v) is 9.19. The minimum absolute atomic E-state index is 0.221. The molecule has 70 valence electrons. The van der Waals surface area contributed by atoms with Crippen LogP contribution < -0.4 is 0 Å². The summed E-state index contributed by atoms with van der Waals surface area (Å²) in [7, 11) is 2.06. The molecular weight excluding hydrogens is 158 g/mol. The van der Waals surface area contributed by atoms with Crippen molar-refractivity contribution in [3.8, 4) is 0 Å². The van der Waals surface area contributed by atoms with Gasteiger partial charge in [0.2, 0.25) is 0 Å². The van der Waals surface area contributed by atoms with Crippen molar-refractivity contribution >= 4 is 12.9 Å². The summed E-state index contributed by atoms with van der Waals surface area (Å²) in [6.07, 6.45) is 0.221. The molecule has 0 unspecified atom stereocenters. The number of hydrogen-bond donors (Lipinski definition) is 1. The summed E-state index contributed by atoms with van der Waals surface area (Å²) in [5.41, 5.74) is 0. The third-order valence-electron chi connectivity index (χ3n) is 1.29. The molecule has 0 rings (SSSR count). The zero-order valence-electron chi connectivity index (χ0n) is 8.29. The topological polar surface area (TPSA) is 12.5 Å². The van der Waals surface area contributed by atoms with E-state index in [1.54, 1.807) is 0 Å². The largest absolute Gasteiger partial charge is 0.314 e. The standard InChI is InChI=1S/C6H15NOS.C2H6/c1-4-7(3)5-6(2)8-9;1-2/h6,9H,4-5H2,1-3H3;1-2H3/t6-;/m0./s1. The third-order valence-corrected chi connectivity index (χ3v) is 1.65. The first-order valence-corrected chi connectivity index (χ1v) is 4.56. The molecule has 0 aliphatic carbocycles. The Hall–Kier alpha value is 0.270. The van der Waals surface area contributed by atoms with E-state index in [1.165, 1.54) is 0 Å². The van der Waals surface area contributed by atoms with Crippen LogP contribution in [0.3, 0.4) is 0 Å². The highest BCUT2D eigenvalue weighted by Crippen LogP contribution is 1.95. The highest BCUT2D eigenvalue weighted by atomic mass is 32.1. The summed E-state index contributed by atoms with van der Waals surface area (Å²) in [6, 6.07) is 0. The molecule has 2 nitrogen and oxygen atoms in total. The third kappa shape index (κ3) is 10.3. The first-order chi connectivity index (χ1) is 5.20. The highest BCUT2D eigenvalue weighted by molar-refractivity contribution is 7.75. The van der Waals surface area contributed by atoms with Gasteiger partial charge in [0.05, 0.1) is 6.10 Å². The fraction of sp³-hybridized carbons (Fsp3) is 1.00. The highest BCUT2D eigenvalue weighted by Gasteiger charge is 2.01. The molecule has 0 aliphatic heterocycles. The Balaban J connectivity index is 0. The summed E-state index contributed by atoms with van der Waals surface area (Å²) in [4.78, 5) is 2.18. The van der Waals surface area contributed by atoms with Crippen LogP contribution in [0.1, 0.15) is 27.7 Å². The van der Waals surface area contributed by atoms with Crippen LogP contribution >= 0.6 is 12.9 Å². The van der Waals surface area contributed by atoms with Crippen molar-refractivity contribution in [2.75, 3.05) is 20.1 Å². The summed E-state index contributed by atoms with van der Waals surface area (Å²) in [5.74, 6) is 0. The smallest absolute Gasteiger partial charge is 0.0817 e. The predicted molar refractivity (Wildman–Crippen MR) is 54.1 cm³/mol. The van der Waals surface area contributed by atoms with Gasteiger partial charge in [-0.1, -0.05) is 20.8 Å². The van der Waals surface area contributed by atoms with E-state index in [1.807, 2.05) is 20.8 Å². The van der Waals surface area contributed by atoms with E-state index in [0.717, 1.165) is 13.1 Å². The van der Waals surface area contributed by atoms with Gasteiger partial charge in [0.15, 0.2) is 0 Å². The average Bonchev–Trinajstić information content (AvgIpc) is 2.07. The van der Waals surface area contributed by atoms with E-state index in [-0.39, 0.29) is 6.10 Å². The van der Waals surface area contributed by atoms with Gasteiger partial charge in [-0.05, 0) is 33.4 Å². The Morgan fingerprint density at radius 2 is 1.91 bits per heavy atom. The molecule has 1 atom stereocenters. The molecule has 0 aliphatic rings. The summed E-state index contributed by atoms with van der Waals surface area (Å²) in [5, 5.41) is 0. The van der Waals surface area contributed by atoms with Gasteiger partial charge in [0.1, 0.15) is 0 Å². The Bertz CT molecular complexity index is 63.1. The minimum Gasteiger partial charge on any atom is -0.314 e. The molecule has 0 aromatic heterocycles. The van der Waals surface area contributed by atoms with Crippen LogP contribution in [0, 0.1) is 0 Å². The normalized spacial score (nSPS) is 12.3. The van der Waals surface area contributed by atoms with Gasteiger partial charge in [-0.15, -0.1) is 0 Å². The Kier molecular flexibility index (Phi) is 12.9. The van der Waals surface area contributed by atoms with Gasteiger partial charge >= 0.3 is 0 Å². The molecule has 0 heterocycles. The van der Waals surface area contributed by atoms with Crippen LogP contribution in [0.2, 0.25) is 0 Å². The first-order valence-electron chi connectivity index (χ1n) is 4.19. The molecule has 0 aromatic carbocycles. The monoisotopic (exact) mass is 179 g/mol. The maximum atomic E-state index is 4.78. The molecular formula is C8H21NOS. The Labute approximate surface area is 76.5 Å². The molecule has 0 amide bonds. The lowest BCUT2D eigenvalue weighted by molar-refractivity contribution is 0.195. The lowest BCUT2D eigenvalue weighted by atomic mass is 10.4. The van der Waals surface area contributed by atoms with E-state index < -0.39 is 0 Å². The van der Waals surface area contributed by atoms with Crippen LogP contribution in [0.5, 0.6) is 0 Å². The van der Waals surface area contributed by atoms with Crippen LogP contribution in [0.25, 0.3) is 0 Å². The van der Waals surface area contributed by atoms with Crippen LogP contribution in [0.4, 0.5) is 0 Å². The van der Waals surface area contributed by atoms with Gasteiger partial charge in [-0.2, -0.15) is 0 Å². The van der Waals surface area contributed by atoms with Crippen molar-refractivity contribution in [1.29, 1.82) is 0 Å². The molecule has 11 heavy (non-hydrogen) atoms.